The van der Waals surface area contributed by atoms with Crippen molar-refractivity contribution in [2.75, 3.05) is 18.9 Å². The third-order valence-corrected chi connectivity index (χ3v) is 4.20. The van der Waals surface area contributed by atoms with Gasteiger partial charge in [-0.25, -0.2) is 9.97 Å². The van der Waals surface area contributed by atoms with E-state index in [0.717, 1.165) is 10.2 Å². The van der Waals surface area contributed by atoms with Crippen LogP contribution in [0.4, 0.5) is 5.82 Å². The second kappa shape index (κ2) is 6.25. The number of rotatable bonds is 5. The monoisotopic (exact) mass is 309 g/mol. The van der Waals surface area contributed by atoms with Crippen LogP contribution in [-0.2, 0) is 16.1 Å². The first kappa shape index (κ1) is 16.1. The van der Waals surface area contributed by atoms with E-state index in [0.29, 0.717) is 31.5 Å². The number of thiophene rings is 1. The maximum absolute atomic E-state index is 6.03. The molecule has 0 spiro atoms. The van der Waals surface area contributed by atoms with E-state index < -0.39 is 0 Å². The van der Waals surface area contributed by atoms with Gasteiger partial charge in [-0.3, -0.25) is 0 Å². The molecule has 0 bridgehead atoms. The number of aromatic nitrogens is 2. The van der Waals surface area contributed by atoms with Crippen molar-refractivity contribution < 1.29 is 9.47 Å². The number of fused-ring (bicyclic) bond motifs is 1. The van der Waals surface area contributed by atoms with Crippen LogP contribution < -0.4 is 5.73 Å². The molecule has 0 aromatic carbocycles. The van der Waals surface area contributed by atoms with Crippen LogP contribution in [0.2, 0.25) is 0 Å². The molecule has 0 saturated heterocycles. The predicted octanol–water partition coefficient (Wildman–Crippen LogP) is 3.22. The molecule has 2 heterocycles. The van der Waals surface area contributed by atoms with Crippen molar-refractivity contribution in [3.8, 4) is 0 Å². The molecular weight excluding hydrogens is 286 g/mol. The molecule has 5 nitrogen and oxygen atoms in total. The van der Waals surface area contributed by atoms with Gasteiger partial charge in [0.2, 0.25) is 0 Å². The third-order valence-electron chi connectivity index (χ3n) is 3.10. The van der Waals surface area contributed by atoms with Crippen molar-refractivity contribution in [2.24, 2.45) is 0 Å². The lowest BCUT2D eigenvalue weighted by molar-refractivity contribution is -0.0383. The van der Waals surface area contributed by atoms with Crippen LogP contribution in [0, 0.1) is 13.8 Å². The van der Waals surface area contributed by atoms with Crippen LogP contribution in [0.5, 0.6) is 0 Å². The summed E-state index contributed by atoms with van der Waals surface area (Å²) in [6.45, 7) is 11.6. The Morgan fingerprint density at radius 1 is 1.14 bits per heavy atom. The fraction of sp³-hybridized carbons (Fsp3) is 0.600. The van der Waals surface area contributed by atoms with Gasteiger partial charge in [-0.1, -0.05) is 0 Å². The van der Waals surface area contributed by atoms with Crippen LogP contribution in [-0.4, -0.2) is 28.8 Å². The molecule has 0 atom stereocenters. The molecule has 6 heteroatoms. The zero-order valence-corrected chi connectivity index (χ0v) is 14.1. The zero-order chi connectivity index (χ0) is 15.6. The number of aryl methyl sites for hydroxylation is 2. The summed E-state index contributed by atoms with van der Waals surface area (Å²) >= 11 is 1.64. The van der Waals surface area contributed by atoms with Crippen molar-refractivity contribution in [1.29, 1.82) is 0 Å². The van der Waals surface area contributed by atoms with E-state index in [1.54, 1.807) is 11.3 Å². The minimum absolute atomic E-state index is 0.144. The van der Waals surface area contributed by atoms with Crippen LogP contribution in [0.1, 0.15) is 37.0 Å². The van der Waals surface area contributed by atoms with E-state index in [1.807, 2.05) is 27.7 Å². The number of nitrogens with zero attached hydrogens (tertiary/aromatic N) is 2. The standard InChI is InChI=1S/C15H23N3O2S/c1-9-10(2)21-14-12(9)13(16)17-11(18-14)8-19-6-7-20-15(3,4)5/h6-8H2,1-5H3,(H2,16,17,18). The van der Waals surface area contributed by atoms with Gasteiger partial charge in [0, 0.05) is 4.88 Å². The Labute approximate surface area is 129 Å². The SMILES string of the molecule is Cc1sc2nc(COCCOC(C)(C)C)nc(N)c2c1C. The Balaban J connectivity index is 1.97. The summed E-state index contributed by atoms with van der Waals surface area (Å²) in [6.07, 6.45) is 0. The minimum atomic E-state index is -0.144. The van der Waals surface area contributed by atoms with Crippen molar-refractivity contribution in [1.82, 2.24) is 9.97 Å². The van der Waals surface area contributed by atoms with Gasteiger partial charge in [-0.2, -0.15) is 0 Å². The quantitative estimate of drug-likeness (QED) is 0.859. The Kier molecular flexibility index (Phi) is 4.81. The van der Waals surface area contributed by atoms with Crippen LogP contribution in [0.15, 0.2) is 0 Å². The average molecular weight is 309 g/mol. The molecule has 0 fully saturated rings. The second-order valence-electron chi connectivity index (χ2n) is 6.00. The lowest BCUT2D eigenvalue weighted by Crippen LogP contribution is -2.21. The number of nitrogens with two attached hydrogens (primary N) is 1. The van der Waals surface area contributed by atoms with Gasteiger partial charge in [0.05, 0.1) is 24.2 Å². The molecule has 0 aliphatic carbocycles. The molecule has 0 saturated carbocycles. The molecule has 2 N–H and O–H groups in total. The van der Waals surface area contributed by atoms with Crippen molar-refractivity contribution in [3.63, 3.8) is 0 Å². The molecule has 2 aromatic rings. The first-order valence-corrected chi connectivity index (χ1v) is 7.83. The lowest BCUT2D eigenvalue weighted by atomic mass is 10.2. The Morgan fingerprint density at radius 3 is 2.52 bits per heavy atom. The first-order valence-electron chi connectivity index (χ1n) is 7.02. The van der Waals surface area contributed by atoms with Crippen molar-refractivity contribution in [3.05, 3.63) is 16.3 Å². The van der Waals surface area contributed by atoms with Gasteiger partial charge in [-0.15, -0.1) is 11.3 Å². The summed E-state index contributed by atoms with van der Waals surface area (Å²) in [6, 6.07) is 0. The third kappa shape index (κ3) is 4.12. The number of hydrogen-bond donors (Lipinski definition) is 1. The highest BCUT2D eigenvalue weighted by molar-refractivity contribution is 7.18. The molecule has 0 amide bonds. The van der Waals surface area contributed by atoms with Gasteiger partial charge >= 0.3 is 0 Å². The summed E-state index contributed by atoms with van der Waals surface area (Å²) in [5.41, 5.74) is 7.06. The van der Waals surface area contributed by atoms with Crippen molar-refractivity contribution in [2.45, 2.75) is 46.8 Å². The van der Waals surface area contributed by atoms with E-state index in [1.165, 1.54) is 10.4 Å². The Morgan fingerprint density at radius 2 is 1.86 bits per heavy atom. The Hall–Kier alpha value is -1.24. The van der Waals surface area contributed by atoms with Crippen LogP contribution in [0.3, 0.4) is 0 Å². The maximum atomic E-state index is 6.03. The summed E-state index contributed by atoms with van der Waals surface area (Å²) in [5, 5.41) is 0.970. The molecular formula is C15H23N3O2S. The largest absolute Gasteiger partial charge is 0.383 e. The molecule has 0 unspecified atom stereocenters. The minimum Gasteiger partial charge on any atom is -0.383 e. The highest BCUT2D eigenvalue weighted by Crippen LogP contribution is 2.31. The van der Waals surface area contributed by atoms with Gasteiger partial charge < -0.3 is 15.2 Å². The van der Waals surface area contributed by atoms with Crippen LogP contribution in [0.25, 0.3) is 10.2 Å². The molecule has 0 aliphatic rings. The maximum Gasteiger partial charge on any atom is 0.158 e. The summed E-state index contributed by atoms with van der Waals surface area (Å²) in [7, 11) is 0. The molecule has 2 rings (SSSR count). The van der Waals surface area contributed by atoms with Gasteiger partial charge in [-0.05, 0) is 40.2 Å². The highest BCUT2D eigenvalue weighted by atomic mass is 32.1. The molecule has 116 valence electrons. The van der Waals surface area contributed by atoms with Crippen LogP contribution >= 0.6 is 11.3 Å². The van der Waals surface area contributed by atoms with E-state index in [4.69, 9.17) is 15.2 Å². The summed E-state index contributed by atoms with van der Waals surface area (Å²) in [4.78, 5) is 11.0. The number of anilines is 1. The van der Waals surface area contributed by atoms with E-state index in [2.05, 4.69) is 16.9 Å². The van der Waals surface area contributed by atoms with E-state index in [9.17, 15) is 0 Å². The fourth-order valence-corrected chi connectivity index (χ4v) is 3.02. The van der Waals surface area contributed by atoms with Crippen molar-refractivity contribution >= 4 is 27.4 Å². The second-order valence-corrected chi connectivity index (χ2v) is 7.21. The normalized spacial score (nSPS) is 12.2. The zero-order valence-electron chi connectivity index (χ0n) is 13.3. The predicted molar refractivity (Wildman–Crippen MR) is 86.7 cm³/mol. The van der Waals surface area contributed by atoms with Gasteiger partial charge in [0.25, 0.3) is 0 Å². The lowest BCUT2D eigenvalue weighted by Gasteiger charge is -2.19. The fourth-order valence-electron chi connectivity index (χ4n) is 1.96. The first-order chi connectivity index (χ1) is 9.78. The number of nitrogen functional groups attached to an aromatic ring is 1. The topological polar surface area (TPSA) is 70.3 Å². The molecule has 0 aliphatic heterocycles. The van der Waals surface area contributed by atoms with Gasteiger partial charge in [0.1, 0.15) is 17.3 Å². The summed E-state index contributed by atoms with van der Waals surface area (Å²) < 4.78 is 11.1. The highest BCUT2D eigenvalue weighted by Gasteiger charge is 2.13. The molecule has 2 aromatic heterocycles. The van der Waals surface area contributed by atoms with E-state index in [-0.39, 0.29) is 5.60 Å². The van der Waals surface area contributed by atoms with Gasteiger partial charge in [0.15, 0.2) is 5.82 Å². The molecule has 21 heavy (non-hydrogen) atoms. The van der Waals surface area contributed by atoms with E-state index >= 15 is 0 Å². The number of hydrogen-bond acceptors (Lipinski definition) is 6. The number of ether oxygens (including phenoxy) is 2. The Bertz CT molecular complexity index is 632. The average Bonchev–Trinajstić information content (AvgIpc) is 2.63. The molecule has 0 radical (unpaired) electrons. The smallest absolute Gasteiger partial charge is 0.158 e. The summed E-state index contributed by atoms with van der Waals surface area (Å²) in [5.74, 6) is 1.16.